The van der Waals surface area contributed by atoms with E-state index in [1.807, 2.05) is 47.6 Å². The van der Waals surface area contributed by atoms with Crippen LogP contribution in [-0.2, 0) is 0 Å². The van der Waals surface area contributed by atoms with Gasteiger partial charge in [-0.05, 0) is 39.3 Å². The van der Waals surface area contributed by atoms with Crippen molar-refractivity contribution in [2.75, 3.05) is 0 Å². The number of H-pyrrole nitrogens is 1. The number of aromatic amines is 1. The molecule has 1 radical (unpaired) electrons. The molecule has 1 aliphatic heterocycles. The van der Waals surface area contributed by atoms with Gasteiger partial charge in [0.1, 0.15) is 0 Å². The highest BCUT2D eigenvalue weighted by Gasteiger charge is 2.30. The Morgan fingerprint density at radius 2 is 1.80 bits per heavy atom. The lowest BCUT2D eigenvalue weighted by molar-refractivity contribution is -0.320. The van der Waals surface area contributed by atoms with Crippen LogP contribution in [0.5, 0.6) is 0 Å². The van der Waals surface area contributed by atoms with E-state index in [2.05, 4.69) is 18.0 Å². The molecule has 0 saturated heterocycles. The largest absolute Gasteiger partial charge is 0.792 e. The number of aryl methyl sites for hydroxylation is 2. The summed E-state index contributed by atoms with van der Waals surface area (Å²) in [7, 11) is 0.631. The Labute approximate surface area is 122 Å². The number of halogens is 1. The molecule has 0 aliphatic carbocycles. The third-order valence-corrected chi connectivity index (χ3v) is 3.40. The zero-order chi connectivity index (χ0) is 15.4. The maximum Gasteiger partial charge on any atom is 0.792 e. The van der Waals surface area contributed by atoms with Crippen molar-refractivity contribution in [3.8, 4) is 0 Å². The smallest absolute Gasteiger partial charge is 0.359 e. The molecule has 0 atom stereocenters. The van der Waals surface area contributed by atoms with Gasteiger partial charge in [0.25, 0.3) is 0 Å². The summed E-state index contributed by atoms with van der Waals surface area (Å²) < 4.78 is 14.7. The van der Waals surface area contributed by atoms with E-state index in [4.69, 9.17) is 0 Å². The molecule has 0 aromatic carbocycles. The van der Waals surface area contributed by atoms with Crippen molar-refractivity contribution in [2.45, 2.75) is 48.5 Å². The first-order chi connectivity index (χ1) is 9.45. The summed E-state index contributed by atoms with van der Waals surface area (Å²) in [5.74, 6) is 0. The second-order valence-corrected chi connectivity index (χ2v) is 4.92. The average Bonchev–Trinajstić information content (AvgIpc) is 2.89. The van der Waals surface area contributed by atoms with E-state index in [1.165, 1.54) is 5.56 Å². The van der Waals surface area contributed by atoms with E-state index in [0.29, 0.717) is 7.69 Å². The van der Waals surface area contributed by atoms with Crippen molar-refractivity contribution in [2.24, 2.45) is 0 Å². The summed E-state index contributed by atoms with van der Waals surface area (Å²) in [5, 5.41) is 0. The number of allylic oxidation sites excluding steroid dienone is 3. The number of hydrogen-bond donors (Lipinski definition) is 1. The van der Waals surface area contributed by atoms with E-state index >= 15 is 0 Å². The molecular formula is C16H24BFN2+. The van der Waals surface area contributed by atoms with Crippen LogP contribution in [-0.4, -0.2) is 22.9 Å². The van der Waals surface area contributed by atoms with Gasteiger partial charge >= 0.3 is 7.69 Å². The Hall–Kier alpha value is -1.58. The maximum absolute atomic E-state index is 13.1. The predicted octanol–water partition coefficient (Wildman–Crippen LogP) is 4.33. The quantitative estimate of drug-likeness (QED) is 0.774. The molecule has 2 nitrogen and oxygen atoms in total. The number of aromatic nitrogens is 1. The van der Waals surface area contributed by atoms with Crippen LogP contribution in [0.2, 0.25) is 0 Å². The Bertz CT molecular complexity index is 592. The van der Waals surface area contributed by atoms with Crippen molar-refractivity contribution in [3.05, 3.63) is 40.4 Å². The Morgan fingerprint density at radius 1 is 1.20 bits per heavy atom. The van der Waals surface area contributed by atoms with Crippen molar-refractivity contribution in [3.63, 3.8) is 0 Å². The molecule has 0 saturated carbocycles. The summed E-state index contributed by atoms with van der Waals surface area (Å²) in [6.45, 7) is 14.0. The highest BCUT2D eigenvalue weighted by Crippen LogP contribution is 2.29. The first-order valence-electron chi connectivity index (χ1n) is 7.08. The average molecular weight is 274 g/mol. The van der Waals surface area contributed by atoms with Gasteiger partial charge in [-0.2, -0.15) is 0 Å². The molecular weight excluding hydrogens is 250 g/mol. The molecule has 4 heteroatoms. The first kappa shape index (κ1) is 16.5. The zero-order valence-electron chi connectivity index (χ0n) is 13.6. The molecule has 1 aromatic heterocycles. The summed E-state index contributed by atoms with van der Waals surface area (Å²) in [4.78, 5) is 3.34. The molecule has 0 fully saturated rings. The van der Waals surface area contributed by atoms with E-state index in [9.17, 15) is 4.32 Å². The van der Waals surface area contributed by atoms with Crippen LogP contribution < -0.4 is 0 Å². The fourth-order valence-corrected chi connectivity index (χ4v) is 2.66. The fraction of sp³-hybridized carbons (Fsp3) is 0.438. The van der Waals surface area contributed by atoms with Gasteiger partial charge in [0.2, 0.25) is 0 Å². The molecule has 0 bridgehead atoms. The second-order valence-electron chi connectivity index (χ2n) is 4.92. The van der Waals surface area contributed by atoms with Crippen LogP contribution in [0.4, 0.5) is 4.32 Å². The van der Waals surface area contributed by atoms with Gasteiger partial charge in [-0.1, -0.05) is 13.8 Å². The van der Waals surface area contributed by atoms with Gasteiger partial charge < -0.3 is 4.98 Å². The Kier molecular flexibility index (Phi) is 5.55. The number of rotatable bonds is 2. The fourth-order valence-electron chi connectivity index (χ4n) is 2.66. The molecule has 1 aliphatic rings. The van der Waals surface area contributed by atoms with Crippen LogP contribution in [0.15, 0.2) is 23.4 Å². The van der Waals surface area contributed by atoms with Gasteiger partial charge in [0, 0.05) is 29.8 Å². The lowest BCUT2D eigenvalue weighted by Crippen LogP contribution is -2.16. The van der Waals surface area contributed by atoms with Crippen LogP contribution in [0.25, 0.3) is 5.57 Å². The van der Waals surface area contributed by atoms with Crippen LogP contribution in [0, 0.1) is 13.8 Å². The van der Waals surface area contributed by atoms with Crippen molar-refractivity contribution >= 4 is 19.0 Å². The number of hydrogen-bond acceptors (Lipinski definition) is 0. The third-order valence-electron chi connectivity index (χ3n) is 3.40. The SMILES string of the molecule is CC.CC1=CC(C)=[N+]([B]F)/C1=C(/C)c1[nH]c(C)cc1C. The lowest BCUT2D eigenvalue weighted by atomic mass is 10.0. The molecule has 107 valence electrons. The summed E-state index contributed by atoms with van der Waals surface area (Å²) >= 11 is 0. The monoisotopic (exact) mass is 274 g/mol. The highest BCUT2D eigenvalue weighted by molar-refractivity contribution is 6.19. The van der Waals surface area contributed by atoms with Crippen molar-refractivity contribution < 1.29 is 8.80 Å². The normalized spacial score (nSPS) is 16.7. The van der Waals surface area contributed by atoms with Crippen LogP contribution >= 0.6 is 0 Å². The highest BCUT2D eigenvalue weighted by atomic mass is 19.1. The maximum atomic E-state index is 13.1. The molecule has 0 unspecified atom stereocenters. The van der Waals surface area contributed by atoms with Crippen molar-refractivity contribution in [1.82, 2.24) is 4.98 Å². The molecule has 20 heavy (non-hydrogen) atoms. The van der Waals surface area contributed by atoms with Gasteiger partial charge in [0.05, 0.1) is 5.69 Å². The van der Waals surface area contributed by atoms with Crippen LogP contribution in [0.3, 0.4) is 0 Å². The summed E-state index contributed by atoms with van der Waals surface area (Å²) in [5.41, 5.74) is 7.39. The first-order valence-corrected chi connectivity index (χ1v) is 7.08. The Morgan fingerprint density at radius 3 is 2.25 bits per heavy atom. The van der Waals surface area contributed by atoms with E-state index in [0.717, 1.165) is 33.9 Å². The van der Waals surface area contributed by atoms with E-state index in [-0.39, 0.29) is 0 Å². The lowest BCUT2D eigenvalue weighted by Gasteiger charge is -2.06. The summed E-state index contributed by atoms with van der Waals surface area (Å²) in [6, 6.07) is 2.10. The third kappa shape index (κ3) is 2.95. The molecule has 2 rings (SSSR count). The Balaban J connectivity index is 0.000000956. The van der Waals surface area contributed by atoms with Gasteiger partial charge in [-0.25, -0.2) is 8.80 Å². The number of nitrogens with zero attached hydrogens (tertiary/aromatic N) is 1. The van der Waals surface area contributed by atoms with Crippen LogP contribution in [0.1, 0.15) is 51.6 Å². The number of nitrogens with one attached hydrogen (secondary N) is 1. The molecule has 0 amide bonds. The minimum Gasteiger partial charge on any atom is -0.359 e. The standard InChI is InChI=1S/C14H18BFN2.C2H6/c1-8-6-10(3)17-13(8)12(5)14-9(2)7-11(4)18(14)15-16;1-2/h6-7,17H,1-5H3;1-2H3/q+1;. The molecule has 0 spiro atoms. The minimum atomic E-state index is 0.631. The van der Waals surface area contributed by atoms with Gasteiger partial charge in [0.15, 0.2) is 11.4 Å². The molecule has 1 aromatic rings. The second kappa shape index (κ2) is 6.73. The topological polar surface area (TPSA) is 18.8 Å². The predicted molar refractivity (Wildman–Crippen MR) is 85.8 cm³/mol. The van der Waals surface area contributed by atoms with E-state index < -0.39 is 0 Å². The minimum absolute atomic E-state index is 0.631. The zero-order valence-corrected chi connectivity index (χ0v) is 13.6. The van der Waals surface area contributed by atoms with Gasteiger partial charge in [-0.15, -0.1) is 0 Å². The molecule has 1 N–H and O–H groups in total. The molecule has 2 heterocycles. The van der Waals surface area contributed by atoms with Crippen molar-refractivity contribution in [1.29, 1.82) is 0 Å². The van der Waals surface area contributed by atoms with Gasteiger partial charge in [-0.3, -0.25) is 0 Å². The van der Waals surface area contributed by atoms with E-state index in [1.54, 1.807) is 4.49 Å². The summed E-state index contributed by atoms with van der Waals surface area (Å²) in [6.07, 6.45) is 2.00.